The molecule has 11 heavy (non-hydrogen) atoms. The van der Waals surface area contributed by atoms with Crippen LogP contribution in [0.4, 0.5) is 0 Å². The molecule has 0 aliphatic heterocycles. The summed E-state index contributed by atoms with van der Waals surface area (Å²) in [6.07, 6.45) is 3.60. The molecule has 0 heterocycles. The third-order valence-electron chi connectivity index (χ3n) is 2.69. The van der Waals surface area contributed by atoms with Crippen LogP contribution in [-0.2, 0) is 0 Å². The summed E-state index contributed by atoms with van der Waals surface area (Å²) in [5.74, 6) is 2.01. The Kier molecular flexibility index (Phi) is 2.94. The molecule has 0 spiro atoms. The maximum atomic E-state index is 9.70. The minimum Gasteiger partial charge on any atom is -0.393 e. The molecule has 1 heteroatoms. The van der Waals surface area contributed by atoms with Crippen molar-refractivity contribution in [1.82, 2.24) is 0 Å². The van der Waals surface area contributed by atoms with E-state index in [2.05, 4.69) is 20.8 Å². The lowest BCUT2D eigenvalue weighted by Gasteiger charge is -2.19. The molecule has 1 aliphatic carbocycles. The zero-order chi connectivity index (χ0) is 8.43. The van der Waals surface area contributed by atoms with Gasteiger partial charge in [-0.2, -0.15) is 0 Å². The topological polar surface area (TPSA) is 20.2 Å². The second-order valence-electron chi connectivity index (χ2n) is 4.39. The maximum Gasteiger partial charge on any atom is 0.0570 e. The van der Waals surface area contributed by atoms with Gasteiger partial charge in [0.25, 0.3) is 0 Å². The highest BCUT2D eigenvalue weighted by Gasteiger charge is 2.32. The van der Waals surface area contributed by atoms with Crippen molar-refractivity contribution in [3.8, 4) is 0 Å². The van der Waals surface area contributed by atoms with Crippen LogP contribution in [0, 0.1) is 17.8 Å². The van der Waals surface area contributed by atoms with Gasteiger partial charge in [-0.25, -0.2) is 0 Å². The van der Waals surface area contributed by atoms with Crippen LogP contribution in [0.15, 0.2) is 0 Å². The van der Waals surface area contributed by atoms with Gasteiger partial charge in [-0.15, -0.1) is 0 Å². The number of rotatable bonds is 4. The predicted octanol–water partition coefficient (Wildman–Crippen LogP) is 2.44. The summed E-state index contributed by atoms with van der Waals surface area (Å²) in [6, 6.07) is 0. The van der Waals surface area contributed by atoms with Crippen LogP contribution < -0.4 is 0 Å². The standard InChI is InChI=1S/C10H20O/c1-7(2)6-10(11)8(3)9-4-5-9/h7-11H,4-6H2,1-3H3. The second kappa shape index (κ2) is 3.57. The monoisotopic (exact) mass is 156 g/mol. The molecule has 1 saturated carbocycles. The van der Waals surface area contributed by atoms with Crippen molar-refractivity contribution < 1.29 is 5.11 Å². The summed E-state index contributed by atoms with van der Waals surface area (Å²) in [6.45, 7) is 6.52. The van der Waals surface area contributed by atoms with Gasteiger partial charge in [0.2, 0.25) is 0 Å². The van der Waals surface area contributed by atoms with Crippen molar-refractivity contribution in [1.29, 1.82) is 0 Å². The van der Waals surface area contributed by atoms with Crippen LogP contribution in [0.5, 0.6) is 0 Å². The number of hydrogen-bond acceptors (Lipinski definition) is 1. The lowest BCUT2D eigenvalue weighted by molar-refractivity contribution is 0.0843. The van der Waals surface area contributed by atoms with E-state index in [0.717, 1.165) is 12.3 Å². The molecule has 0 bridgehead atoms. The van der Waals surface area contributed by atoms with E-state index in [1.807, 2.05) is 0 Å². The van der Waals surface area contributed by atoms with E-state index in [1.54, 1.807) is 0 Å². The third kappa shape index (κ3) is 2.82. The summed E-state index contributed by atoms with van der Waals surface area (Å²) < 4.78 is 0. The van der Waals surface area contributed by atoms with Crippen molar-refractivity contribution in [2.45, 2.75) is 46.1 Å². The van der Waals surface area contributed by atoms with Crippen LogP contribution in [0.3, 0.4) is 0 Å². The highest BCUT2D eigenvalue weighted by Crippen LogP contribution is 2.39. The van der Waals surface area contributed by atoms with Crippen molar-refractivity contribution in [3.63, 3.8) is 0 Å². The fourth-order valence-corrected chi connectivity index (χ4v) is 1.63. The number of aliphatic hydroxyl groups is 1. The van der Waals surface area contributed by atoms with Gasteiger partial charge < -0.3 is 5.11 Å². The Morgan fingerprint density at radius 1 is 1.27 bits per heavy atom. The summed E-state index contributed by atoms with van der Waals surface area (Å²) >= 11 is 0. The normalized spacial score (nSPS) is 23.7. The zero-order valence-corrected chi connectivity index (χ0v) is 7.88. The van der Waals surface area contributed by atoms with E-state index < -0.39 is 0 Å². The highest BCUT2D eigenvalue weighted by molar-refractivity contribution is 4.83. The average molecular weight is 156 g/mol. The molecule has 1 nitrogen and oxygen atoms in total. The van der Waals surface area contributed by atoms with Crippen molar-refractivity contribution in [3.05, 3.63) is 0 Å². The molecule has 0 saturated heterocycles. The Balaban J connectivity index is 2.21. The number of aliphatic hydroxyl groups excluding tert-OH is 1. The summed E-state index contributed by atoms with van der Waals surface area (Å²) in [5, 5.41) is 9.70. The van der Waals surface area contributed by atoms with Gasteiger partial charge in [0.05, 0.1) is 6.10 Å². The SMILES string of the molecule is CC(C)CC(O)C(C)C1CC1. The average Bonchev–Trinajstić information content (AvgIpc) is 2.65. The smallest absolute Gasteiger partial charge is 0.0570 e. The van der Waals surface area contributed by atoms with Crippen molar-refractivity contribution in [2.24, 2.45) is 17.8 Å². The van der Waals surface area contributed by atoms with Crippen LogP contribution in [-0.4, -0.2) is 11.2 Å². The minimum atomic E-state index is -0.0532. The largest absolute Gasteiger partial charge is 0.393 e. The predicted molar refractivity (Wildman–Crippen MR) is 47.3 cm³/mol. The Morgan fingerprint density at radius 2 is 1.82 bits per heavy atom. The highest BCUT2D eigenvalue weighted by atomic mass is 16.3. The van der Waals surface area contributed by atoms with Crippen LogP contribution in [0.1, 0.15) is 40.0 Å². The van der Waals surface area contributed by atoms with Crippen LogP contribution >= 0.6 is 0 Å². The maximum absolute atomic E-state index is 9.70. The van der Waals surface area contributed by atoms with Gasteiger partial charge in [0.1, 0.15) is 0 Å². The molecule has 1 aliphatic rings. The van der Waals surface area contributed by atoms with Gasteiger partial charge in [-0.1, -0.05) is 20.8 Å². The van der Waals surface area contributed by atoms with Gasteiger partial charge >= 0.3 is 0 Å². The van der Waals surface area contributed by atoms with E-state index in [9.17, 15) is 5.11 Å². The lowest BCUT2D eigenvalue weighted by Crippen LogP contribution is -2.21. The van der Waals surface area contributed by atoms with Gasteiger partial charge in [-0.3, -0.25) is 0 Å². The van der Waals surface area contributed by atoms with Gasteiger partial charge in [0, 0.05) is 0 Å². The number of hydrogen-bond donors (Lipinski definition) is 1. The molecular formula is C10H20O. The molecule has 66 valence electrons. The van der Waals surface area contributed by atoms with Crippen LogP contribution in [0.25, 0.3) is 0 Å². The van der Waals surface area contributed by atoms with E-state index in [-0.39, 0.29) is 6.10 Å². The van der Waals surface area contributed by atoms with Gasteiger partial charge in [0.15, 0.2) is 0 Å². The first-order valence-electron chi connectivity index (χ1n) is 4.79. The Hall–Kier alpha value is -0.0400. The molecule has 0 radical (unpaired) electrons. The Labute approximate surface area is 69.8 Å². The Bertz CT molecular complexity index is 116. The third-order valence-corrected chi connectivity index (χ3v) is 2.69. The molecule has 0 aromatic carbocycles. The second-order valence-corrected chi connectivity index (χ2v) is 4.39. The van der Waals surface area contributed by atoms with Crippen molar-refractivity contribution in [2.75, 3.05) is 0 Å². The lowest BCUT2D eigenvalue weighted by atomic mass is 9.92. The molecular weight excluding hydrogens is 136 g/mol. The molecule has 0 amide bonds. The van der Waals surface area contributed by atoms with E-state index in [0.29, 0.717) is 11.8 Å². The van der Waals surface area contributed by atoms with Gasteiger partial charge in [-0.05, 0) is 37.0 Å². The molecule has 2 atom stereocenters. The fraction of sp³-hybridized carbons (Fsp3) is 1.00. The summed E-state index contributed by atoms with van der Waals surface area (Å²) in [5.41, 5.74) is 0. The first-order valence-corrected chi connectivity index (χ1v) is 4.79. The molecule has 1 rings (SSSR count). The first-order chi connectivity index (χ1) is 5.11. The molecule has 0 aromatic rings. The van der Waals surface area contributed by atoms with Crippen LogP contribution in [0.2, 0.25) is 0 Å². The fourth-order valence-electron chi connectivity index (χ4n) is 1.63. The summed E-state index contributed by atoms with van der Waals surface area (Å²) in [4.78, 5) is 0. The van der Waals surface area contributed by atoms with E-state index >= 15 is 0 Å². The molecule has 2 unspecified atom stereocenters. The quantitative estimate of drug-likeness (QED) is 0.663. The Morgan fingerprint density at radius 3 is 2.18 bits per heavy atom. The van der Waals surface area contributed by atoms with E-state index in [1.165, 1.54) is 12.8 Å². The van der Waals surface area contributed by atoms with Crippen molar-refractivity contribution >= 4 is 0 Å². The van der Waals surface area contributed by atoms with E-state index in [4.69, 9.17) is 0 Å². The first kappa shape index (κ1) is 9.05. The summed E-state index contributed by atoms with van der Waals surface area (Å²) in [7, 11) is 0. The molecule has 1 fully saturated rings. The molecule has 1 N–H and O–H groups in total. The molecule has 0 aromatic heterocycles. The zero-order valence-electron chi connectivity index (χ0n) is 7.88. The minimum absolute atomic E-state index is 0.0532.